The fourth-order valence-corrected chi connectivity index (χ4v) is 7.70. The maximum atomic E-state index is 14.6. The van der Waals surface area contributed by atoms with Crippen molar-refractivity contribution in [2.24, 2.45) is 5.41 Å². The average Bonchev–Trinajstić information content (AvgIpc) is 3.70. The van der Waals surface area contributed by atoms with E-state index in [2.05, 4.69) is 66.5 Å². The van der Waals surface area contributed by atoms with Crippen LogP contribution in [0, 0.1) is 5.41 Å². The van der Waals surface area contributed by atoms with Crippen LogP contribution >= 0.6 is 0 Å². The van der Waals surface area contributed by atoms with Gasteiger partial charge >= 0.3 is 0 Å². The van der Waals surface area contributed by atoms with Gasteiger partial charge in [-0.05, 0) is 79.9 Å². The SMILES string of the molecule is C=C(CN(C)C(=O)C12CC1c1cc(OC)ccc1-c1c(C(C)CC)c3ccc(C(=O)NS(=C)(=O)N(C)C)cc3n1C2)N(CC)CC. The van der Waals surface area contributed by atoms with Gasteiger partial charge in [0, 0.05) is 74.4 Å². The Morgan fingerprint density at radius 1 is 1.13 bits per heavy atom. The molecule has 248 valence electrons. The Labute approximate surface area is 274 Å². The minimum Gasteiger partial charge on any atom is -0.497 e. The molecule has 0 radical (unpaired) electrons. The van der Waals surface area contributed by atoms with Crippen molar-refractivity contribution in [2.45, 2.75) is 58.9 Å². The molecule has 3 aromatic rings. The molecular formula is C36H49N5O4S. The van der Waals surface area contributed by atoms with E-state index in [1.807, 2.05) is 30.1 Å². The Hall–Kier alpha value is -3.76. The second-order valence-corrected chi connectivity index (χ2v) is 15.3. The van der Waals surface area contributed by atoms with Crippen molar-refractivity contribution in [3.63, 3.8) is 0 Å². The zero-order valence-corrected chi connectivity index (χ0v) is 29.4. The smallest absolute Gasteiger partial charge is 0.263 e. The van der Waals surface area contributed by atoms with E-state index in [1.165, 1.54) is 9.87 Å². The molecule has 4 unspecified atom stereocenters. The molecule has 1 saturated carbocycles. The molecule has 2 aliphatic rings. The van der Waals surface area contributed by atoms with Crippen LogP contribution in [0.5, 0.6) is 5.75 Å². The van der Waals surface area contributed by atoms with Gasteiger partial charge in [-0.3, -0.25) is 14.3 Å². The number of ether oxygens (including phenoxy) is 1. The maximum Gasteiger partial charge on any atom is 0.263 e. The van der Waals surface area contributed by atoms with Gasteiger partial charge in [-0.2, -0.15) is 0 Å². The van der Waals surface area contributed by atoms with Crippen molar-refractivity contribution in [3.8, 4) is 17.0 Å². The van der Waals surface area contributed by atoms with Gasteiger partial charge in [-0.15, -0.1) is 0 Å². The van der Waals surface area contributed by atoms with E-state index in [9.17, 15) is 13.8 Å². The van der Waals surface area contributed by atoms with Gasteiger partial charge in [0.05, 0.1) is 24.8 Å². The number of nitrogens with zero attached hydrogens (tertiary/aromatic N) is 4. The molecule has 5 rings (SSSR count). The summed E-state index contributed by atoms with van der Waals surface area (Å²) < 4.78 is 24.9. The lowest BCUT2D eigenvalue weighted by Crippen LogP contribution is -2.40. The largest absolute Gasteiger partial charge is 0.497 e. The van der Waals surface area contributed by atoms with Crippen molar-refractivity contribution in [2.75, 3.05) is 47.9 Å². The molecule has 4 atom stereocenters. The fourth-order valence-electron chi connectivity index (χ4n) is 7.11. The first kappa shape index (κ1) is 33.6. The van der Waals surface area contributed by atoms with Gasteiger partial charge in [0.2, 0.25) is 5.91 Å². The number of nitrogens with one attached hydrogen (secondary N) is 1. The van der Waals surface area contributed by atoms with Crippen molar-refractivity contribution < 1.29 is 18.5 Å². The highest BCUT2D eigenvalue weighted by Gasteiger charge is 2.63. The van der Waals surface area contributed by atoms with Gasteiger partial charge in [0.1, 0.15) is 15.6 Å². The Balaban J connectivity index is 1.70. The number of hydrogen-bond acceptors (Lipinski definition) is 5. The first-order valence-electron chi connectivity index (χ1n) is 16.1. The van der Waals surface area contributed by atoms with E-state index in [4.69, 9.17) is 4.74 Å². The summed E-state index contributed by atoms with van der Waals surface area (Å²) >= 11 is 0. The number of hydrogen-bond donors (Lipinski definition) is 1. The molecule has 9 nitrogen and oxygen atoms in total. The lowest BCUT2D eigenvalue weighted by Gasteiger charge is -2.30. The van der Waals surface area contributed by atoms with E-state index in [1.54, 1.807) is 27.3 Å². The third-order valence-corrected chi connectivity index (χ3v) is 11.8. The molecule has 2 amide bonds. The Bertz CT molecular complexity index is 1810. The number of likely N-dealkylation sites (N-methyl/N-ethyl adjacent to an activating group) is 2. The van der Waals surface area contributed by atoms with Crippen LogP contribution in [0.3, 0.4) is 0 Å². The third-order valence-electron chi connectivity index (χ3n) is 10.1. The van der Waals surface area contributed by atoms with Crippen LogP contribution in [-0.4, -0.2) is 88.5 Å². The van der Waals surface area contributed by atoms with Gasteiger partial charge in [0.25, 0.3) is 5.91 Å². The molecule has 1 aromatic heterocycles. The normalized spacial score (nSPS) is 20.1. The lowest BCUT2D eigenvalue weighted by atomic mass is 9.89. The van der Waals surface area contributed by atoms with Crippen LogP contribution in [0.15, 0.2) is 48.7 Å². The van der Waals surface area contributed by atoms with E-state index in [0.717, 1.165) is 65.1 Å². The van der Waals surface area contributed by atoms with Crippen LogP contribution in [0.4, 0.5) is 0 Å². The summed E-state index contributed by atoms with van der Waals surface area (Å²) in [6.45, 7) is 15.5. The van der Waals surface area contributed by atoms with Crippen LogP contribution in [-0.2, 0) is 21.2 Å². The van der Waals surface area contributed by atoms with Crippen molar-refractivity contribution in [1.29, 1.82) is 0 Å². The molecule has 0 spiro atoms. The molecule has 2 aromatic carbocycles. The number of carbonyl (C=O) groups excluding carboxylic acids is 2. The van der Waals surface area contributed by atoms with Crippen molar-refractivity contribution in [1.82, 2.24) is 23.4 Å². The summed E-state index contributed by atoms with van der Waals surface area (Å²) in [5.74, 6) is 4.36. The quantitative estimate of drug-likeness (QED) is 0.264. The minimum absolute atomic E-state index is 0.0245. The summed E-state index contributed by atoms with van der Waals surface area (Å²) in [6.07, 6.45) is 1.65. The Morgan fingerprint density at radius 3 is 2.43 bits per heavy atom. The Morgan fingerprint density at radius 2 is 1.83 bits per heavy atom. The predicted molar refractivity (Wildman–Crippen MR) is 189 cm³/mol. The average molecular weight is 648 g/mol. The first-order chi connectivity index (χ1) is 21.7. The molecule has 1 aliphatic heterocycles. The van der Waals surface area contributed by atoms with E-state index >= 15 is 0 Å². The number of rotatable bonds is 12. The standard InChI is InChI=1S/C36H49N5O4S/c1-11-23(4)32-28-16-14-25(34(42)37-46(10,44)38(6)7)18-31(28)41-22-36(35(43)39(8)21-24(5)40(12-2)13-3)20-30(36)29-19-26(45-9)15-17-27(29)33(32)41/h14-19,23,30H,5,10-13,20-22H2,1-4,6-9H3,(H,37,42,44). The number of carbonyl (C=O) groups is 2. The predicted octanol–water partition coefficient (Wildman–Crippen LogP) is 5.47. The van der Waals surface area contributed by atoms with E-state index in [0.29, 0.717) is 18.7 Å². The molecular weight excluding hydrogens is 598 g/mol. The summed E-state index contributed by atoms with van der Waals surface area (Å²) in [6, 6.07) is 11.9. The topological polar surface area (TPSA) is 87.1 Å². The second-order valence-electron chi connectivity index (χ2n) is 13.0. The van der Waals surface area contributed by atoms with E-state index in [-0.39, 0.29) is 17.7 Å². The van der Waals surface area contributed by atoms with Crippen molar-refractivity contribution >= 4 is 38.5 Å². The second kappa shape index (κ2) is 12.4. The first-order valence-corrected chi connectivity index (χ1v) is 17.8. The molecule has 1 N–H and O–H groups in total. The number of benzene rings is 2. The Kier molecular flexibility index (Phi) is 9.09. The molecule has 0 saturated heterocycles. The maximum absolute atomic E-state index is 14.6. The van der Waals surface area contributed by atoms with Crippen LogP contribution < -0.4 is 9.46 Å². The number of methoxy groups -OCH3 is 1. The van der Waals surface area contributed by atoms with Gasteiger partial charge in [0.15, 0.2) is 0 Å². The van der Waals surface area contributed by atoms with Crippen molar-refractivity contribution in [3.05, 3.63) is 65.4 Å². The van der Waals surface area contributed by atoms with Crippen LogP contribution in [0.2, 0.25) is 0 Å². The molecule has 1 fully saturated rings. The number of amides is 2. The number of fused-ring (bicyclic) bond motifs is 7. The summed E-state index contributed by atoms with van der Waals surface area (Å²) in [5.41, 5.74) is 6.05. The number of aromatic nitrogens is 1. The zero-order chi connectivity index (χ0) is 33.7. The van der Waals surface area contributed by atoms with Gasteiger partial charge in [-0.1, -0.05) is 26.5 Å². The minimum atomic E-state index is -2.98. The highest BCUT2D eigenvalue weighted by Crippen LogP contribution is 2.66. The molecule has 0 bridgehead atoms. The molecule has 1 aliphatic carbocycles. The highest BCUT2D eigenvalue weighted by molar-refractivity contribution is 7.96. The lowest BCUT2D eigenvalue weighted by molar-refractivity contribution is -0.136. The molecule has 46 heavy (non-hydrogen) atoms. The molecule has 2 heterocycles. The fraction of sp³-hybridized carbons (Fsp3) is 0.472. The van der Waals surface area contributed by atoms with Crippen LogP contribution in [0.25, 0.3) is 22.2 Å². The monoisotopic (exact) mass is 647 g/mol. The third kappa shape index (κ3) is 5.59. The molecule has 10 heteroatoms. The summed E-state index contributed by atoms with van der Waals surface area (Å²) in [5, 5.41) is 1.05. The van der Waals surface area contributed by atoms with Crippen LogP contribution in [0.1, 0.15) is 73.9 Å². The van der Waals surface area contributed by atoms with E-state index < -0.39 is 21.2 Å². The summed E-state index contributed by atoms with van der Waals surface area (Å²) in [7, 11) is 3.81. The summed E-state index contributed by atoms with van der Waals surface area (Å²) in [4.78, 5) is 32.0. The van der Waals surface area contributed by atoms with Gasteiger partial charge < -0.3 is 19.1 Å². The van der Waals surface area contributed by atoms with Gasteiger partial charge in [-0.25, -0.2) is 8.51 Å². The highest BCUT2D eigenvalue weighted by atomic mass is 32.2. The zero-order valence-electron chi connectivity index (χ0n) is 28.6.